The highest BCUT2D eigenvalue weighted by molar-refractivity contribution is 6.05. The van der Waals surface area contributed by atoms with Crippen molar-refractivity contribution < 1.29 is 29.0 Å². The van der Waals surface area contributed by atoms with Crippen LogP contribution in [0.15, 0.2) is 36.9 Å². The van der Waals surface area contributed by atoms with Crippen molar-refractivity contribution in [1.29, 1.82) is 0 Å². The van der Waals surface area contributed by atoms with Crippen molar-refractivity contribution in [2.45, 2.75) is 77.7 Å². The van der Waals surface area contributed by atoms with Crippen molar-refractivity contribution in [3.8, 4) is 0 Å². The molecule has 0 unspecified atom stereocenters. The number of aliphatic hydroxyl groups is 1. The van der Waals surface area contributed by atoms with Gasteiger partial charge in [-0.05, 0) is 63.8 Å². The van der Waals surface area contributed by atoms with E-state index in [4.69, 9.17) is 9.47 Å². The van der Waals surface area contributed by atoms with E-state index in [0.29, 0.717) is 24.9 Å². The second-order valence-corrected chi connectivity index (χ2v) is 11.1. The van der Waals surface area contributed by atoms with E-state index in [-0.39, 0.29) is 37.5 Å². The molecule has 7 atom stereocenters. The van der Waals surface area contributed by atoms with Gasteiger partial charge in [0.1, 0.15) is 11.6 Å². The summed E-state index contributed by atoms with van der Waals surface area (Å²) >= 11 is 0. The highest BCUT2D eigenvalue weighted by Crippen LogP contribution is 2.59. The fraction of sp³-hybridized carbons (Fsp3) is 0.645. The molecule has 4 rings (SSSR count). The molecule has 1 N–H and O–H groups in total. The first kappa shape index (κ1) is 30.1. The molecule has 3 saturated heterocycles. The van der Waals surface area contributed by atoms with Crippen LogP contribution in [0.4, 0.5) is 11.4 Å². The Hall–Kier alpha value is -2.91. The Kier molecular flexibility index (Phi) is 9.25. The van der Waals surface area contributed by atoms with Crippen LogP contribution in [0.1, 0.15) is 53.9 Å². The molecular formula is C31H45N3O6. The number of ether oxygens (including phenoxy) is 2. The van der Waals surface area contributed by atoms with Crippen LogP contribution in [-0.4, -0.2) is 84.4 Å². The van der Waals surface area contributed by atoms with Crippen molar-refractivity contribution in [3.05, 3.63) is 36.9 Å². The number of hydrogen-bond acceptors (Lipinski definition) is 7. The summed E-state index contributed by atoms with van der Waals surface area (Å²) < 4.78 is 11.9. The number of benzene rings is 1. The molecule has 40 heavy (non-hydrogen) atoms. The molecular weight excluding hydrogens is 510 g/mol. The quantitative estimate of drug-likeness (QED) is 0.294. The van der Waals surface area contributed by atoms with Crippen LogP contribution >= 0.6 is 0 Å². The number of fused-ring (bicyclic) bond motifs is 1. The second kappa shape index (κ2) is 12.3. The number of anilines is 2. The number of rotatable bonds is 13. The Morgan fingerprint density at radius 3 is 2.40 bits per heavy atom. The predicted octanol–water partition coefficient (Wildman–Crippen LogP) is 3.40. The standard InChI is InChI=1S/C31H45N3O6/c1-7-18-33(22-14-12-21(13-15-22)32(9-3)10-4)29(37)27-31-17-16-24(40-31)25(30(38)39-11-5)26(31)28(36)34(27)23(19-35)20(6)8-2/h7,12-15,20,23-27,35H,1,8-11,16-19H2,2-6H3/t20-,23-,24-,25+,26+,27-,31+/m0/s1. The molecule has 1 aromatic rings. The van der Waals surface area contributed by atoms with Gasteiger partial charge in [-0.15, -0.1) is 6.58 Å². The summed E-state index contributed by atoms with van der Waals surface area (Å²) in [7, 11) is 0. The third-order valence-corrected chi connectivity index (χ3v) is 9.24. The largest absolute Gasteiger partial charge is 0.466 e. The fourth-order valence-corrected chi connectivity index (χ4v) is 7.08. The lowest BCUT2D eigenvalue weighted by molar-refractivity contribution is -0.155. The molecule has 0 aliphatic carbocycles. The lowest BCUT2D eigenvalue weighted by Gasteiger charge is -2.41. The Bertz CT molecular complexity index is 1090. The fourth-order valence-electron chi connectivity index (χ4n) is 7.08. The molecule has 0 aromatic heterocycles. The van der Waals surface area contributed by atoms with E-state index in [2.05, 4.69) is 25.3 Å². The van der Waals surface area contributed by atoms with E-state index in [1.54, 1.807) is 22.8 Å². The molecule has 3 heterocycles. The van der Waals surface area contributed by atoms with Gasteiger partial charge in [0.05, 0.1) is 37.2 Å². The molecule has 1 aromatic carbocycles. The predicted molar refractivity (Wildman–Crippen MR) is 154 cm³/mol. The minimum Gasteiger partial charge on any atom is -0.466 e. The average molecular weight is 556 g/mol. The number of carbonyl (C=O) groups excluding carboxylic acids is 3. The Morgan fingerprint density at radius 1 is 1.20 bits per heavy atom. The van der Waals surface area contributed by atoms with E-state index < -0.39 is 41.6 Å². The number of carbonyl (C=O) groups is 3. The first-order chi connectivity index (χ1) is 19.2. The number of hydrogen-bond donors (Lipinski definition) is 1. The van der Waals surface area contributed by atoms with E-state index in [0.717, 1.165) is 18.8 Å². The van der Waals surface area contributed by atoms with Gasteiger partial charge in [0, 0.05) is 31.0 Å². The topological polar surface area (TPSA) is 99.6 Å². The molecule has 3 fully saturated rings. The summed E-state index contributed by atoms with van der Waals surface area (Å²) in [6.45, 7) is 15.7. The molecule has 9 nitrogen and oxygen atoms in total. The van der Waals surface area contributed by atoms with Gasteiger partial charge in [0.25, 0.3) is 5.91 Å². The maximum Gasteiger partial charge on any atom is 0.312 e. The van der Waals surface area contributed by atoms with E-state index in [1.165, 1.54) is 0 Å². The van der Waals surface area contributed by atoms with Crippen LogP contribution in [0.25, 0.3) is 0 Å². The van der Waals surface area contributed by atoms with Gasteiger partial charge in [-0.2, -0.15) is 0 Å². The normalized spacial score (nSPS) is 28.2. The van der Waals surface area contributed by atoms with Gasteiger partial charge in [-0.25, -0.2) is 0 Å². The van der Waals surface area contributed by atoms with Gasteiger partial charge in [0.15, 0.2) is 0 Å². The van der Waals surface area contributed by atoms with Gasteiger partial charge in [-0.3, -0.25) is 14.4 Å². The molecule has 0 saturated carbocycles. The third kappa shape index (κ3) is 4.81. The summed E-state index contributed by atoms with van der Waals surface area (Å²) in [6, 6.07) is 6.24. The van der Waals surface area contributed by atoms with Crippen molar-refractivity contribution in [2.75, 3.05) is 42.6 Å². The monoisotopic (exact) mass is 555 g/mol. The maximum absolute atomic E-state index is 14.7. The Labute approximate surface area is 238 Å². The summed E-state index contributed by atoms with van der Waals surface area (Å²) in [4.78, 5) is 47.4. The number of esters is 1. The van der Waals surface area contributed by atoms with Crippen molar-refractivity contribution in [1.82, 2.24) is 4.90 Å². The lowest BCUT2D eigenvalue weighted by atomic mass is 9.70. The lowest BCUT2D eigenvalue weighted by Crippen LogP contribution is -2.60. The molecule has 0 radical (unpaired) electrons. The number of likely N-dealkylation sites (tertiary alicyclic amines) is 1. The average Bonchev–Trinajstić information content (AvgIpc) is 3.60. The molecule has 2 bridgehead atoms. The maximum atomic E-state index is 14.7. The van der Waals surface area contributed by atoms with E-state index >= 15 is 0 Å². The van der Waals surface area contributed by atoms with Crippen molar-refractivity contribution in [2.24, 2.45) is 17.8 Å². The van der Waals surface area contributed by atoms with Crippen LogP contribution in [0.5, 0.6) is 0 Å². The molecule has 2 amide bonds. The van der Waals surface area contributed by atoms with Crippen molar-refractivity contribution in [3.63, 3.8) is 0 Å². The van der Waals surface area contributed by atoms with Gasteiger partial charge >= 0.3 is 5.97 Å². The van der Waals surface area contributed by atoms with Crippen LogP contribution in [-0.2, 0) is 23.9 Å². The summed E-state index contributed by atoms with van der Waals surface area (Å²) in [5.74, 6) is -2.72. The number of amides is 2. The van der Waals surface area contributed by atoms with Crippen LogP contribution in [0.2, 0.25) is 0 Å². The van der Waals surface area contributed by atoms with Gasteiger partial charge < -0.3 is 29.3 Å². The summed E-state index contributed by atoms with van der Waals surface area (Å²) in [5, 5.41) is 10.5. The zero-order valence-corrected chi connectivity index (χ0v) is 24.5. The van der Waals surface area contributed by atoms with Crippen LogP contribution < -0.4 is 9.80 Å². The number of nitrogens with zero attached hydrogens (tertiary/aromatic N) is 3. The van der Waals surface area contributed by atoms with Crippen LogP contribution in [0.3, 0.4) is 0 Å². The molecule has 220 valence electrons. The van der Waals surface area contributed by atoms with Gasteiger partial charge in [0.2, 0.25) is 5.91 Å². The Balaban J connectivity index is 1.79. The molecule has 3 aliphatic heterocycles. The Morgan fingerprint density at radius 2 is 1.85 bits per heavy atom. The second-order valence-electron chi connectivity index (χ2n) is 11.1. The third-order valence-electron chi connectivity index (χ3n) is 9.24. The first-order valence-electron chi connectivity index (χ1n) is 14.8. The molecule has 9 heteroatoms. The molecule has 1 spiro atoms. The number of aliphatic hydroxyl groups excluding tert-OH is 1. The van der Waals surface area contributed by atoms with E-state index in [9.17, 15) is 19.5 Å². The minimum atomic E-state index is -1.16. The highest BCUT2D eigenvalue weighted by Gasteiger charge is 2.75. The minimum absolute atomic E-state index is 0.0704. The first-order valence-corrected chi connectivity index (χ1v) is 14.8. The summed E-state index contributed by atoms with van der Waals surface area (Å²) in [5.41, 5.74) is 0.590. The zero-order chi connectivity index (χ0) is 29.2. The highest BCUT2D eigenvalue weighted by atomic mass is 16.6. The van der Waals surface area contributed by atoms with E-state index in [1.807, 2.05) is 38.1 Å². The van der Waals surface area contributed by atoms with Crippen LogP contribution in [0, 0.1) is 17.8 Å². The smallest absolute Gasteiger partial charge is 0.312 e. The zero-order valence-electron chi connectivity index (χ0n) is 24.5. The summed E-state index contributed by atoms with van der Waals surface area (Å²) in [6.07, 6.45) is 2.96. The molecule has 3 aliphatic rings. The SMILES string of the molecule is C=CCN(C(=O)[C@@H]1N([C@@H](CO)[C@@H](C)CC)C(=O)[C@H]2[C@H](C(=O)OCC)[C@@H]3CC[C@]12O3)c1ccc(N(CC)CC)cc1. The van der Waals surface area contributed by atoms with Gasteiger partial charge in [-0.1, -0.05) is 26.3 Å². The van der Waals surface area contributed by atoms with Crippen molar-refractivity contribution >= 4 is 29.2 Å².